The summed E-state index contributed by atoms with van der Waals surface area (Å²) in [6.45, 7) is 2.91. The van der Waals surface area contributed by atoms with E-state index in [0.717, 1.165) is 32.5 Å². The fourth-order valence-corrected chi connectivity index (χ4v) is 2.94. The fourth-order valence-electron chi connectivity index (χ4n) is 2.94. The summed E-state index contributed by atoms with van der Waals surface area (Å²) in [5, 5.41) is 11.8. The molecule has 1 saturated heterocycles. The van der Waals surface area contributed by atoms with Gasteiger partial charge in [-0.3, -0.25) is 9.69 Å². The highest BCUT2D eigenvalue weighted by Gasteiger charge is 2.21. The Morgan fingerprint density at radius 1 is 1.21 bits per heavy atom. The molecule has 1 aliphatic heterocycles. The number of carbonyl (C=O) groups excluding carboxylic acids is 1. The normalized spacial score (nSPS) is 15.6. The summed E-state index contributed by atoms with van der Waals surface area (Å²) in [5.41, 5.74) is 2.14. The van der Waals surface area contributed by atoms with E-state index in [-0.39, 0.29) is 11.9 Å². The van der Waals surface area contributed by atoms with Crippen LogP contribution in [0.4, 0.5) is 0 Å². The Balaban J connectivity index is 1.48. The van der Waals surface area contributed by atoms with Crippen molar-refractivity contribution in [3.63, 3.8) is 0 Å². The maximum Gasteiger partial charge on any atom is 0.253 e. The molecule has 122 valence electrons. The smallest absolute Gasteiger partial charge is 0.253 e. The Bertz CT molecular complexity index is 713. The van der Waals surface area contributed by atoms with E-state index in [1.165, 1.54) is 11.8 Å². The van der Waals surface area contributed by atoms with Crippen LogP contribution in [0.5, 0.6) is 0 Å². The van der Waals surface area contributed by atoms with Gasteiger partial charge in [0.15, 0.2) is 0 Å². The summed E-state index contributed by atoms with van der Waals surface area (Å²) in [4.78, 5) is 18.6. The summed E-state index contributed by atoms with van der Waals surface area (Å²) in [6, 6.07) is 15.8. The summed E-state index contributed by atoms with van der Waals surface area (Å²) < 4.78 is 0. The first kappa shape index (κ1) is 16.2. The highest BCUT2D eigenvalue weighted by Crippen LogP contribution is 2.14. The summed E-state index contributed by atoms with van der Waals surface area (Å²) in [5.74, 6) is -0.117. The van der Waals surface area contributed by atoms with Gasteiger partial charge in [0.1, 0.15) is 11.8 Å². The number of rotatable bonds is 4. The standard InChI is InChI=1S/C19H20N4O/c20-12-18-7-6-16(13-21-18)19(24)22-17-8-10-23(11-9-17)14-15-4-2-1-3-5-15/h1-7,13,17H,8-11,14H2,(H,22,24). The number of hydrogen-bond donors (Lipinski definition) is 1. The molecule has 0 radical (unpaired) electrons. The van der Waals surface area contributed by atoms with Gasteiger partial charge < -0.3 is 5.32 Å². The van der Waals surface area contributed by atoms with Gasteiger partial charge in [0.05, 0.1) is 5.56 Å². The van der Waals surface area contributed by atoms with E-state index in [1.807, 2.05) is 12.1 Å². The van der Waals surface area contributed by atoms with Crippen molar-refractivity contribution in [1.29, 1.82) is 5.26 Å². The third kappa shape index (κ3) is 4.18. The number of nitrogens with zero attached hydrogens (tertiary/aromatic N) is 3. The lowest BCUT2D eigenvalue weighted by Gasteiger charge is -2.32. The van der Waals surface area contributed by atoms with Crippen LogP contribution in [0.1, 0.15) is 34.5 Å². The number of piperidine rings is 1. The Kier molecular flexibility index (Phi) is 5.19. The molecule has 1 aliphatic rings. The van der Waals surface area contributed by atoms with Gasteiger partial charge in [-0.15, -0.1) is 0 Å². The van der Waals surface area contributed by atoms with Crippen LogP contribution in [0.3, 0.4) is 0 Å². The van der Waals surface area contributed by atoms with Gasteiger partial charge in [-0.05, 0) is 30.5 Å². The molecule has 5 nitrogen and oxygen atoms in total. The number of benzene rings is 1. The van der Waals surface area contributed by atoms with Crippen LogP contribution in [0.15, 0.2) is 48.7 Å². The Labute approximate surface area is 141 Å². The van der Waals surface area contributed by atoms with E-state index in [9.17, 15) is 4.79 Å². The predicted octanol–water partition coefficient (Wildman–Crippen LogP) is 2.35. The third-order valence-electron chi connectivity index (χ3n) is 4.31. The van der Waals surface area contributed by atoms with Crippen LogP contribution >= 0.6 is 0 Å². The third-order valence-corrected chi connectivity index (χ3v) is 4.31. The summed E-state index contributed by atoms with van der Waals surface area (Å²) in [7, 11) is 0. The van der Waals surface area contributed by atoms with Gasteiger partial charge in [0.25, 0.3) is 5.91 Å². The summed E-state index contributed by atoms with van der Waals surface area (Å²) in [6.07, 6.45) is 3.35. The number of amides is 1. The molecular weight excluding hydrogens is 300 g/mol. The van der Waals surface area contributed by atoms with Crippen LogP contribution < -0.4 is 5.32 Å². The molecule has 0 saturated carbocycles. The molecule has 24 heavy (non-hydrogen) atoms. The number of nitrogens with one attached hydrogen (secondary N) is 1. The van der Waals surface area contributed by atoms with Gasteiger partial charge in [0.2, 0.25) is 0 Å². The molecule has 5 heteroatoms. The molecule has 0 atom stereocenters. The molecule has 0 spiro atoms. The second kappa shape index (κ2) is 7.71. The van der Waals surface area contributed by atoms with Crippen molar-refractivity contribution in [2.45, 2.75) is 25.4 Å². The Hall–Kier alpha value is -2.71. The lowest BCUT2D eigenvalue weighted by atomic mass is 10.0. The largest absolute Gasteiger partial charge is 0.349 e. The zero-order valence-electron chi connectivity index (χ0n) is 13.5. The monoisotopic (exact) mass is 320 g/mol. The number of aromatic nitrogens is 1. The van der Waals surface area contributed by atoms with E-state index in [1.54, 1.807) is 12.1 Å². The second-order valence-corrected chi connectivity index (χ2v) is 6.05. The molecule has 1 amide bonds. The van der Waals surface area contributed by atoms with Gasteiger partial charge in [0, 0.05) is 31.9 Å². The minimum absolute atomic E-state index is 0.117. The average Bonchev–Trinajstić information content (AvgIpc) is 2.64. The number of nitriles is 1. The number of hydrogen-bond acceptors (Lipinski definition) is 4. The molecular formula is C19H20N4O. The van der Waals surface area contributed by atoms with E-state index < -0.39 is 0 Å². The summed E-state index contributed by atoms with van der Waals surface area (Å²) >= 11 is 0. The Morgan fingerprint density at radius 2 is 1.96 bits per heavy atom. The molecule has 3 rings (SSSR count). The van der Waals surface area contributed by atoms with Crippen LogP contribution in [0.2, 0.25) is 0 Å². The highest BCUT2D eigenvalue weighted by molar-refractivity contribution is 5.94. The number of pyridine rings is 1. The number of likely N-dealkylation sites (tertiary alicyclic amines) is 1. The van der Waals surface area contributed by atoms with E-state index in [2.05, 4.69) is 39.5 Å². The van der Waals surface area contributed by atoms with E-state index >= 15 is 0 Å². The van der Waals surface area contributed by atoms with Crippen LogP contribution in [-0.4, -0.2) is 34.9 Å². The predicted molar refractivity (Wildman–Crippen MR) is 91.2 cm³/mol. The van der Waals surface area contributed by atoms with Crippen molar-refractivity contribution in [2.75, 3.05) is 13.1 Å². The van der Waals surface area contributed by atoms with Gasteiger partial charge >= 0.3 is 0 Å². The quantitative estimate of drug-likeness (QED) is 0.939. The highest BCUT2D eigenvalue weighted by atomic mass is 16.1. The molecule has 1 aromatic heterocycles. The first-order valence-corrected chi connectivity index (χ1v) is 8.18. The fraction of sp³-hybridized carbons (Fsp3) is 0.316. The molecule has 0 aliphatic carbocycles. The lowest BCUT2D eigenvalue weighted by Crippen LogP contribution is -2.44. The molecule has 2 heterocycles. The Morgan fingerprint density at radius 3 is 2.58 bits per heavy atom. The zero-order chi connectivity index (χ0) is 16.8. The van der Waals surface area contributed by atoms with Crippen LogP contribution in [-0.2, 0) is 6.54 Å². The van der Waals surface area contributed by atoms with Crippen molar-refractivity contribution < 1.29 is 4.79 Å². The lowest BCUT2D eigenvalue weighted by molar-refractivity contribution is 0.0908. The average molecular weight is 320 g/mol. The second-order valence-electron chi connectivity index (χ2n) is 6.05. The first-order valence-electron chi connectivity index (χ1n) is 8.18. The van der Waals surface area contributed by atoms with E-state index in [0.29, 0.717) is 11.3 Å². The molecule has 1 N–H and O–H groups in total. The van der Waals surface area contributed by atoms with Gasteiger partial charge in [-0.1, -0.05) is 30.3 Å². The van der Waals surface area contributed by atoms with Crippen molar-refractivity contribution in [3.8, 4) is 6.07 Å². The van der Waals surface area contributed by atoms with Crippen molar-refractivity contribution in [2.24, 2.45) is 0 Å². The molecule has 0 bridgehead atoms. The molecule has 2 aromatic rings. The minimum atomic E-state index is -0.117. The topological polar surface area (TPSA) is 69.0 Å². The molecule has 0 unspecified atom stereocenters. The first-order chi connectivity index (χ1) is 11.7. The van der Waals surface area contributed by atoms with E-state index in [4.69, 9.17) is 5.26 Å². The van der Waals surface area contributed by atoms with Gasteiger partial charge in [-0.25, -0.2) is 4.98 Å². The maximum absolute atomic E-state index is 12.2. The minimum Gasteiger partial charge on any atom is -0.349 e. The molecule has 1 fully saturated rings. The van der Waals surface area contributed by atoms with Crippen LogP contribution in [0.25, 0.3) is 0 Å². The van der Waals surface area contributed by atoms with Crippen molar-refractivity contribution in [1.82, 2.24) is 15.2 Å². The van der Waals surface area contributed by atoms with Crippen molar-refractivity contribution in [3.05, 3.63) is 65.5 Å². The maximum atomic E-state index is 12.2. The number of carbonyl (C=O) groups is 1. The van der Waals surface area contributed by atoms with Gasteiger partial charge in [-0.2, -0.15) is 5.26 Å². The molecule has 1 aromatic carbocycles. The zero-order valence-corrected chi connectivity index (χ0v) is 13.5. The van der Waals surface area contributed by atoms with Crippen LogP contribution in [0, 0.1) is 11.3 Å². The van der Waals surface area contributed by atoms with Crippen molar-refractivity contribution >= 4 is 5.91 Å². The SMILES string of the molecule is N#Cc1ccc(C(=O)NC2CCN(Cc3ccccc3)CC2)cn1.